The van der Waals surface area contributed by atoms with Crippen LogP contribution in [0, 0.1) is 12.8 Å². The van der Waals surface area contributed by atoms with Gasteiger partial charge in [-0.3, -0.25) is 5.32 Å². The summed E-state index contributed by atoms with van der Waals surface area (Å²) in [7, 11) is 0. The number of amides is 1. The molecule has 98 valence electrons. The SMILES string of the molecule is Cc1cccc(NC(=O)O[C@@H]2CCCC[C@@H]2C)c1. The van der Waals surface area contributed by atoms with Crippen LogP contribution in [0.1, 0.15) is 38.2 Å². The Hall–Kier alpha value is -1.51. The predicted octanol–water partition coefficient (Wildman–Crippen LogP) is 4.12. The third-order valence-corrected chi connectivity index (χ3v) is 3.56. The van der Waals surface area contributed by atoms with Gasteiger partial charge in [0, 0.05) is 5.69 Å². The van der Waals surface area contributed by atoms with Gasteiger partial charge < -0.3 is 4.74 Å². The molecular formula is C15H21NO2. The highest BCUT2D eigenvalue weighted by molar-refractivity contribution is 5.84. The fourth-order valence-corrected chi connectivity index (χ4v) is 2.46. The Balaban J connectivity index is 1.88. The molecule has 0 radical (unpaired) electrons. The van der Waals surface area contributed by atoms with Gasteiger partial charge in [-0.15, -0.1) is 0 Å². The maximum absolute atomic E-state index is 11.8. The molecule has 1 aromatic carbocycles. The van der Waals surface area contributed by atoms with Crippen LogP contribution in [0.15, 0.2) is 24.3 Å². The molecule has 1 amide bonds. The predicted molar refractivity (Wildman–Crippen MR) is 72.7 cm³/mol. The van der Waals surface area contributed by atoms with Crippen LogP contribution in [0.4, 0.5) is 10.5 Å². The number of carbonyl (C=O) groups is 1. The zero-order valence-electron chi connectivity index (χ0n) is 11.1. The molecule has 1 aliphatic carbocycles. The van der Waals surface area contributed by atoms with E-state index < -0.39 is 0 Å². The molecule has 18 heavy (non-hydrogen) atoms. The van der Waals surface area contributed by atoms with Crippen molar-refractivity contribution in [1.29, 1.82) is 0 Å². The first-order valence-electron chi connectivity index (χ1n) is 6.69. The lowest BCUT2D eigenvalue weighted by Crippen LogP contribution is -2.30. The van der Waals surface area contributed by atoms with Crippen molar-refractivity contribution in [2.24, 2.45) is 5.92 Å². The first kappa shape index (κ1) is 12.9. The van der Waals surface area contributed by atoms with Gasteiger partial charge in [0.25, 0.3) is 0 Å². The number of carbonyl (C=O) groups excluding carboxylic acids is 1. The first-order valence-corrected chi connectivity index (χ1v) is 6.69. The first-order chi connectivity index (χ1) is 8.65. The highest BCUT2D eigenvalue weighted by Crippen LogP contribution is 2.26. The number of hydrogen-bond acceptors (Lipinski definition) is 2. The number of ether oxygens (including phenoxy) is 1. The Kier molecular flexibility index (Phi) is 4.24. The van der Waals surface area contributed by atoms with Crippen LogP contribution < -0.4 is 5.32 Å². The van der Waals surface area contributed by atoms with Gasteiger partial charge in [-0.25, -0.2) is 4.79 Å². The van der Waals surface area contributed by atoms with Gasteiger partial charge in [-0.05, 0) is 49.8 Å². The smallest absolute Gasteiger partial charge is 0.411 e. The normalized spacial score (nSPS) is 23.4. The molecule has 0 saturated heterocycles. The van der Waals surface area contributed by atoms with Crippen molar-refractivity contribution in [3.8, 4) is 0 Å². The molecule has 0 spiro atoms. The zero-order chi connectivity index (χ0) is 13.0. The minimum Gasteiger partial charge on any atom is -0.446 e. The molecule has 1 saturated carbocycles. The molecule has 0 aliphatic heterocycles. The Morgan fingerprint density at radius 3 is 2.83 bits per heavy atom. The van der Waals surface area contributed by atoms with Crippen LogP contribution in [0.25, 0.3) is 0 Å². The van der Waals surface area contributed by atoms with E-state index in [2.05, 4.69) is 12.2 Å². The lowest BCUT2D eigenvalue weighted by Gasteiger charge is -2.28. The third-order valence-electron chi connectivity index (χ3n) is 3.56. The van der Waals surface area contributed by atoms with Crippen molar-refractivity contribution in [3.63, 3.8) is 0 Å². The number of aryl methyl sites for hydroxylation is 1. The van der Waals surface area contributed by atoms with E-state index in [4.69, 9.17) is 4.74 Å². The number of rotatable bonds is 2. The van der Waals surface area contributed by atoms with Crippen molar-refractivity contribution >= 4 is 11.8 Å². The summed E-state index contributed by atoms with van der Waals surface area (Å²) in [5.41, 5.74) is 1.92. The van der Waals surface area contributed by atoms with E-state index in [0.717, 1.165) is 30.5 Å². The lowest BCUT2D eigenvalue weighted by atomic mass is 9.88. The molecule has 0 bridgehead atoms. The average molecular weight is 247 g/mol. The summed E-state index contributed by atoms with van der Waals surface area (Å²) in [5.74, 6) is 0.474. The molecule has 1 aliphatic rings. The van der Waals surface area contributed by atoms with Gasteiger partial charge in [0.1, 0.15) is 6.10 Å². The summed E-state index contributed by atoms with van der Waals surface area (Å²) in [6.45, 7) is 4.16. The van der Waals surface area contributed by atoms with E-state index in [1.54, 1.807) is 0 Å². The summed E-state index contributed by atoms with van der Waals surface area (Å²) >= 11 is 0. The number of benzene rings is 1. The average Bonchev–Trinajstić information content (AvgIpc) is 2.32. The Morgan fingerprint density at radius 1 is 1.33 bits per heavy atom. The minimum absolute atomic E-state index is 0.0727. The Labute approximate surface area is 109 Å². The second-order valence-corrected chi connectivity index (χ2v) is 5.20. The van der Waals surface area contributed by atoms with Crippen LogP contribution in [0.3, 0.4) is 0 Å². The number of hydrogen-bond donors (Lipinski definition) is 1. The van der Waals surface area contributed by atoms with Crippen LogP contribution in [-0.4, -0.2) is 12.2 Å². The summed E-state index contributed by atoms with van der Waals surface area (Å²) in [6, 6.07) is 7.73. The van der Waals surface area contributed by atoms with E-state index in [-0.39, 0.29) is 12.2 Å². The van der Waals surface area contributed by atoms with E-state index >= 15 is 0 Å². The quantitative estimate of drug-likeness (QED) is 0.853. The molecule has 0 aromatic heterocycles. The van der Waals surface area contributed by atoms with E-state index in [1.165, 1.54) is 6.42 Å². The van der Waals surface area contributed by atoms with Crippen molar-refractivity contribution in [2.45, 2.75) is 45.6 Å². The zero-order valence-corrected chi connectivity index (χ0v) is 11.1. The largest absolute Gasteiger partial charge is 0.446 e. The molecule has 3 nitrogen and oxygen atoms in total. The summed E-state index contributed by atoms with van der Waals surface area (Å²) < 4.78 is 5.50. The van der Waals surface area contributed by atoms with Crippen LogP contribution in [-0.2, 0) is 4.74 Å². The topological polar surface area (TPSA) is 38.3 Å². The van der Waals surface area contributed by atoms with Gasteiger partial charge in [-0.2, -0.15) is 0 Å². The molecule has 0 heterocycles. The molecule has 3 heteroatoms. The fraction of sp³-hybridized carbons (Fsp3) is 0.533. The monoisotopic (exact) mass is 247 g/mol. The van der Waals surface area contributed by atoms with Crippen molar-refractivity contribution in [3.05, 3.63) is 29.8 Å². The van der Waals surface area contributed by atoms with Crippen LogP contribution >= 0.6 is 0 Å². The summed E-state index contributed by atoms with van der Waals surface area (Å²) in [4.78, 5) is 11.8. The fourth-order valence-electron chi connectivity index (χ4n) is 2.46. The minimum atomic E-state index is -0.334. The molecular weight excluding hydrogens is 226 g/mol. The van der Waals surface area contributed by atoms with Crippen molar-refractivity contribution < 1.29 is 9.53 Å². The Bertz CT molecular complexity index is 417. The highest BCUT2D eigenvalue weighted by Gasteiger charge is 2.24. The van der Waals surface area contributed by atoms with Crippen LogP contribution in [0.2, 0.25) is 0 Å². The van der Waals surface area contributed by atoms with E-state index in [0.29, 0.717) is 5.92 Å². The molecule has 1 fully saturated rings. The second kappa shape index (κ2) is 5.89. The van der Waals surface area contributed by atoms with Gasteiger partial charge in [0.2, 0.25) is 0 Å². The van der Waals surface area contributed by atoms with Gasteiger partial charge in [0.15, 0.2) is 0 Å². The van der Waals surface area contributed by atoms with Gasteiger partial charge in [-0.1, -0.05) is 25.5 Å². The molecule has 2 rings (SSSR count). The third kappa shape index (κ3) is 3.49. The van der Waals surface area contributed by atoms with E-state index in [1.807, 2.05) is 31.2 Å². The van der Waals surface area contributed by atoms with Crippen molar-refractivity contribution in [1.82, 2.24) is 0 Å². The highest BCUT2D eigenvalue weighted by atomic mass is 16.6. The molecule has 1 aromatic rings. The summed E-state index contributed by atoms with van der Waals surface area (Å²) in [6.07, 6.45) is 4.29. The van der Waals surface area contributed by atoms with E-state index in [9.17, 15) is 4.79 Å². The maximum atomic E-state index is 11.8. The standard InChI is InChI=1S/C15H21NO2/c1-11-6-5-8-13(10-11)16-15(17)18-14-9-4-3-7-12(14)2/h5-6,8,10,12,14H,3-4,7,9H2,1-2H3,(H,16,17)/t12-,14+/m0/s1. The number of nitrogens with one attached hydrogen (secondary N) is 1. The molecule has 2 atom stereocenters. The van der Waals surface area contributed by atoms with Crippen molar-refractivity contribution in [2.75, 3.05) is 5.32 Å². The van der Waals surface area contributed by atoms with Crippen LogP contribution in [0.5, 0.6) is 0 Å². The maximum Gasteiger partial charge on any atom is 0.411 e. The second-order valence-electron chi connectivity index (χ2n) is 5.20. The Morgan fingerprint density at radius 2 is 2.11 bits per heavy atom. The lowest BCUT2D eigenvalue weighted by molar-refractivity contribution is 0.0524. The van der Waals surface area contributed by atoms with Gasteiger partial charge in [0.05, 0.1) is 0 Å². The molecule has 0 unspecified atom stereocenters. The summed E-state index contributed by atoms with van der Waals surface area (Å²) in [5, 5.41) is 2.79. The van der Waals surface area contributed by atoms with Gasteiger partial charge >= 0.3 is 6.09 Å². The molecule has 1 N–H and O–H groups in total. The number of anilines is 1.